The van der Waals surface area contributed by atoms with Crippen LogP contribution in [-0.4, -0.2) is 37.7 Å². The minimum Gasteiger partial charge on any atom is -0.464 e. The fourth-order valence-corrected chi connectivity index (χ4v) is 2.72. The first-order valence-electron chi connectivity index (χ1n) is 7.32. The molecule has 0 aliphatic carbocycles. The molecule has 0 amide bonds. The zero-order valence-corrected chi connectivity index (χ0v) is 14.7. The maximum atomic E-state index is 12.5. The Balaban J connectivity index is 3.01. The van der Waals surface area contributed by atoms with E-state index in [4.69, 9.17) is 9.47 Å². The Kier molecular flexibility index (Phi) is 5.98. The molecule has 0 N–H and O–H groups in total. The monoisotopic (exact) mass is 374 g/mol. The molecular weight excluding hydrogens is 353 g/mol. The first kappa shape index (κ1) is 20.8. The number of alkyl halides is 3. The SMILES string of the molecule is CCCCOC(=O)C1(C)CC(OS(=O)(=O)C(F)(F)F)=CC(C)(C)O1. The van der Waals surface area contributed by atoms with Crippen molar-refractivity contribution in [3.63, 3.8) is 0 Å². The number of rotatable bonds is 6. The Labute approximate surface area is 139 Å². The fourth-order valence-electron chi connectivity index (χ4n) is 2.23. The standard InChI is InChI=1S/C14H21F3O6S/c1-5-6-7-21-11(18)13(4)9-10(8-12(2,3)23-13)22-24(19,20)14(15,16)17/h8H,5-7,9H2,1-4H3. The molecule has 0 radical (unpaired) electrons. The molecule has 0 aromatic carbocycles. The molecule has 0 fully saturated rings. The van der Waals surface area contributed by atoms with Crippen LogP contribution in [0.15, 0.2) is 11.8 Å². The van der Waals surface area contributed by atoms with Crippen molar-refractivity contribution in [2.24, 2.45) is 0 Å². The topological polar surface area (TPSA) is 78.9 Å². The Morgan fingerprint density at radius 1 is 1.33 bits per heavy atom. The maximum absolute atomic E-state index is 12.5. The van der Waals surface area contributed by atoms with Crippen molar-refractivity contribution >= 4 is 16.1 Å². The van der Waals surface area contributed by atoms with Crippen LogP contribution in [0, 0.1) is 0 Å². The van der Waals surface area contributed by atoms with Crippen LogP contribution in [0.1, 0.15) is 47.0 Å². The van der Waals surface area contributed by atoms with Crippen LogP contribution in [-0.2, 0) is 28.6 Å². The van der Waals surface area contributed by atoms with Gasteiger partial charge in [-0.3, -0.25) is 0 Å². The number of ether oxygens (including phenoxy) is 2. The Bertz CT molecular complexity index is 608. The van der Waals surface area contributed by atoms with Crippen LogP contribution >= 0.6 is 0 Å². The molecule has 1 heterocycles. The minimum atomic E-state index is -5.82. The van der Waals surface area contributed by atoms with Gasteiger partial charge in [0.15, 0.2) is 5.60 Å². The number of halogens is 3. The summed E-state index contributed by atoms with van der Waals surface area (Å²) in [5.41, 5.74) is -8.43. The zero-order valence-electron chi connectivity index (χ0n) is 13.9. The summed E-state index contributed by atoms with van der Waals surface area (Å²) in [5, 5.41) is 0. The average molecular weight is 374 g/mol. The van der Waals surface area contributed by atoms with Crippen molar-refractivity contribution in [2.45, 2.75) is 63.7 Å². The van der Waals surface area contributed by atoms with E-state index in [2.05, 4.69) is 4.18 Å². The summed E-state index contributed by atoms with van der Waals surface area (Å²) in [6, 6.07) is 0. The van der Waals surface area contributed by atoms with Gasteiger partial charge in [-0.1, -0.05) is 13.3 Å². The van der Waals surface area contributed by atoms with Crippen LogP contribution in [0.5, 0.6) is 0 Å². The molecule has 0 spiro atoms. The van der Waals surface area contributed by atoms with Crippen LogP contribution in [0.2, 0.25) is 0 Å². The number of unbranched alkanes of at least 4 members (excludes halogenated alkanes) is 1. The van der Waals surface area contributed by atoms with Crippen molar-refractivity contribution in [3.8, 4) is 0 Å². The molecule has 1 unspecified atom stereocenters. The van der Waals surface area contributed by atoms with Gasteiger partial charge in [0.05, 0.1) is 12.2 Å². The summed E-state index contributed by atoms with van der Waals surface area (Å²) < 4.78 is 74.6. The third-order valence-electron chi connectivity index (χ3n) is 3.17. The summed E-state index contributed by atoms with van der Waals surface area (Å²) in [6.07, 6.45) is 2.01. The number of esters is 1. The number of carbonyl (C=O) groups excluding carboxylic acids is 1. The number of hydrogen-bond acceptors (Lipinski definition) is 6. The normalized spacial score (nSPS) is 24.2. The lowest BCUT2D eigenvalue weighted by molar-refractivity contribution is -0.187. The van der Waals surface area contributed by atoms with E-state index in [1.54, 1.807) is 0 Å². The Hall–Kier alpha value is -1.29. The van der Waals surface area contributed by atoms with Gasteiger partial charge in [-0.2, -0.15) is 21.6 Å². The third-order valence-corrected chi connectivity index (χ3v) is 4.17. The van der Waals surface area contributed by atoms with E-state index in [0.717, 1.165) is 12.5 Å². The molecule has 0 aromatic rings. The Morgan fingerprint density at radius 3 is 2.42 bits per heavy atom. The molecule has 6 nitrogen and oxygen atoms in total. The summed E-state index contributed by atoms with van der Waals surface area (Å²) in [7, 11) is -5.82. The molecule has 140 valence electrons. The predicted octanol–water partition coefficient (Wildman–Crippen LogP) is 3.04. The lowest BCUT2D eigenvalue weighted by Gasteiger charge is -2.39. The van der Waals surface area contributed by atoms with Gasteiger partial charge >= 0.3 is 21.6 Å². The minimum absolute atomic E-state index is 0.134. The highest BCUT2D eigenvalue weighted by molar-refractivity contribution is 7.87. The molecule has 1 aliphatic rings. The first-order chi connectivity index (χ1) is 10.7. The molecule has 0 bridgehead atoms. The second kappa shape index (κ2) is 6.91. The van der Waals surface area contributed by atoms with Crippen LogP contribution in [0.3, 0.4) is 0 Å². The number of hydrogen-bond donors (Lipinski definition) is 0. The summed E-state index contributed by atoms with van der Waals surface area (Å²) >= 11 is 0. The van der Waals surface area contributed by atoms with Gasteiger partial charge in [-0.15, -0.1) is 0 Å². The second-order valence-electron chi connectivity index (χ2n) is 6.20. The van der Waals surface area contributed by atoms with Gasteiger partial charge in [-0.05, 0) is 33.3 Å². The molecule has 0 saturated carbocycles. The van der Waals surface area contributed by atoms with Crippen molar-refractivity contribution in [1.82, 2.24) is 0 Å². The fraction of sp³-hybridized carbons (Fsp3) is 0.786. The summed E-state index contributed by atoms with van der Waals surface area (Å²) in [4.78, 5) is 12.2. The molecule has 1 aliphatic heterocycles. The molecular formula is C14H21F3O6S. The molecule has 0 aromatic heterocycles. The second-order valence-corrected chi connectivity index (χ2v) is 7.73. The van der Waals surface area contributed by atoms with Crippen LogP contribution in [0.4, 0.5) is 13.2 Å². The van der Waals surface area contributed by atoms with E-state index in [0.29, 0.717) is 6.42 Å². The van der Waals surface area contributed by atoms with E-state index in [1.165, 1.54) is 20.8 Å². The highest BCUT2D eigenvalue weighted by atomic mass is 32.2. The quantitative estimate of drug-likeness (QED) is 0.308. The largest absolute Gasteiger partial charge is 0.534 e. The van der Waals surface area contributed by atoms with Crippen molar-refractivity contribution in [2.75, 3.05) is 6.61 Å². The third kappa shape index (κ3) is 5.10. The smallest absolute Gasteiger partial charge is 0.464 e. The van der Waals surface area contributed by atoms with E-state index in [9.17, 15) is 26.4 Å². The zero-order chi connectivity index (χ0) is 18.8. The van der Waals surface area contributed by atoms with Gasteiger partial charge < -0.3 is 13.7 Å². The van der Waals surface area contributed by atoms with Crippen LogP contribution < -0.4 is 0 Å². The molecule has 1 atom stereocenters. The number of carbonyl (C=O) groups is 1. The van der Waals surface area contributed by atoms with Crippen molar-refractivity contribution < 1.29 is 40.0 Å². The molecule has 0 saturated heterocycles. The van der Waals surface area contributed by atoms with Crippen molar-refractivity contribution in [1.29, 1.82) is 0 Å². The highest BCUT2D eigenvalue weighted by Gasteiger charge is 2.51. The molecule has 10 heteroatoms. The molecule has 24 heavy (non-hydrogen) atoms. The average Bonchev–Trinajstić information content (AvgIpc) is 2.34. The maximum Gasteiger partial charge on any atom is 0.534 e. The van der Waals surface area contributed by atoms with Gasteiger partial charge in [0.25, 0.3) is 0 Å². The van der Waals surface area contributed by atoms with Crippen molar-refractivity contribution in [3.05, 3.63) is 11.8 Å². The first-order valence-corrected chi connectivity index (χ1v) is 8.73. The summed E-state index contributed by atoms with van der Waals surface area (Å²) in [6.45, 7) is 6.28. The lowest BCUT2D eigenvalue weighted by atomic mass is 9.92. The van der Waals surface area contributed by atoms with E-state index in [-0.39, 0.29) is 6.61 Å². The molecule has 1 rings (SSSR count). The van der Waals surface area contributed by atoms with E-state index in [1.807, 2.05) is 6.92 Å². The van der Waals surface area contributed by atoms with Gasteiger partial charge in [0, 0.05) is 6.42 Å². The summed E-state index contributed by atoms with van der Waals surface area (Å²) in [5.74, 6) is -1.30. The van der Waals surface area contributed by atoms with Gasteiger partial charge in [0.2, 0.25) is 0 Å². The van der Waals surface area contributed by atoms with Crippen LogP contribution in [0.25, 0.3) is 0 Å². The van der Waals surface area contributed by atoms with Gasteiger partial charge in [0.1, 0.15) is 5.76 Å². The van der Waals surface area contributed by atoms with Gasteiger partial charge in [-0.25, -0.2) is 4.79 Å². The Morgan fingerprint density at radius 2 is 1.92 bits per heavy atom. The van der Waals surface area contributed by atoms with E-state index >= 15 is 0 Å². The predicted molar refractivity (Wildman–Crippen MR) is 78.2 cm³/mol. The van der Waals surface area contributed by atoms with E-state index < -0.39 is 45.0 Å². The highest BCUT2D eigenvalue weighted by Crippen LogP contribution is 2.38. The lowest BCUT2D eigenvalue weighted by Crippen LogP contribution is -2.49.